The van der Waals surface area contributed by atoms with E-state index in [1.807, 2.05) is 22.9 Å². The van der Waals surface area contributed by atoms with Crippen molar-refractivity contribution in [2.45, 2.75) is 122 Å². The molecule has 2 unspecified atom stereocenters. The minimum absolute atomic E-state index is 0.0435. The van der Waals surface area contributed by atoms with Gasteiger partial charge in [0.25, 0.3) is 5.91 Å². The lowest BCUT2D eigenvalue weighted by Gasteiger charge is -2.43. The lowest BCUT2D eigenvalue weighted by molar-refractivity contribution is -0.221. The monoisotopic (exact) mass is 1090 g/mol. The van der Waals surface area contributed by atoms with Gasteiger partial charge >= 0.3 is 24.5 Å². The smallest absolute Gasteiger partial charge is 0.407 e. The number of hydrazine groups is 1. The van der Waals surface area contributed by atoms with Crippen molar-refractivity contribution in [1.29, 1.82) is 0 Å². The van der Waals surface area contributed by atoms with Gasteiger partial charge < -0.3 is 35.8 Å². The summed E-state index contributed by atoms with van der Waals surface area (Å²) in [5, 5.41) is 27.8. The number of aliphatic hydroxyl groups excluding tert-OH is 1. The number of ether oxygens (including phenoxy) is 1. The number of halogens is 8. The number of nitrogens with one attached hydrogen (secondary N) is 4. The number of carbonyl (C=O) groups is 4. The average Bonchev–Trinajstić information content (AvgIpc) is 3.65. The lowest BCUT2D eigenvalue weighted by atomic mass is 9.82. The Morgan fingerprint density at radius 3 is 1.87 bits per heavy atom. The number of alkyl carbamates (subject to hydrolysis) is 1. The Balaban J connectivity index is 1.32. The highest BCUT2D eigenvalue weighted by Gasteiger charge is 2.57. The molecule has 0 aliphatic carbocycles. The number of carbonyl (C=O) groups excluding carboxylic acids is 3. The first-order valence-corrected chi connectivity index (χ1v) is 24.5. The van der Waals surface area contributed by atoms with E-state index in [4.69, 9.17) is 0 Å². The first-order valence-electron chi connectivity index (χ1n) is 24.5. The Hall–Kier alpha value is -7.10. The molecular formula is C53H61F8N9O7. The summed E-state index contributed by atoms with van der Waals surface area (Å²) in [6.45, 7) is 6.28. The van der Waals surface area contributed by atoms with E-state index < -0.39 is 108 Å². The van der Waals surface area contributed by atoms with Gasteiger partial charge in [-0.05, 0) is 115 Å². The molecule has 77 heavy (non-hydrogen) atoms. The summed E-state index contributed by atoms with van der Waals surface area (Å²) in [6.07, 6.45) is -11.1. The third-order valence-corrected chi connectivity index (χ3v) is 14.0. The number of pyridine rings is 2. The van der Waals surface area contributed by atoms with Gasteiger partial charge in [-0.1, -0.05) is 30.0 Å². The Morgan fingerprint density at radius 2 is 1.36 bits per heavy atom. The standard InChI is InChI=1S/C53H61F8N9O7/c1-30(2)70-35-18-19-36(70)27-68(26-35)43-20-17-33(25-63-43)16-13-31-11-14-32(15-12-31)22-41(64-46(72)44(66-49(76)77-7)50(3,4)52(56,57)58)42(71)29-69(67-47(73)45(65-48(74)75)51(5,6)53(59,60)61)28-37-38(54)23-34(24-39(37)55)40-10-8-9-21-62-40/h8-12,14-15,17,20-21,23-25,30,35-36,41-42,44-45,65,71H,18-19,22,26-29H2,1-7H3,(H,64,72)(H,66,76)(H,67,73)(H,74,75)/t35?,36?,41-,42-,44+,45+/m0/s1. The second-order valence-electron chi connectivity index (χ2n) is 20.4. The van der Waals surface area contributed by atoms with Gasteiger partial charge in [0.2, 0.25) is 5.91 Å². The van der Waals surface area contributed by atoms with E-state index in [-0.39, 0.29) is 11.3 Å². The van der Waals surface area contributed by atoms with Gasteiger partial charge in [0.05, 0.1) is 35.8 Å². The zero-order valence-electron chi connectivity index (χ0n) is 43.2. The maximum absolute atomic E-state index is 16.0. The van der Waals surface area contributed by atoms with Crippen LogP contribution in [-0.2, 0) is 27.3 Å². The molecule has 0 radical (unpaired) electrons. The SMILES string of the molecule is COC(=O)N[C@H](C(=O)N[C@@H](Cc1ccc(C#Cc2ccc(N3CC4CCC(C3)N4C(C)C)nc2)cc1)[C@@H](O)CN(Cc1c(F)cc(-c2ccccn2)cc1F)NC(=O)[C@@H](NC(=O)O)C(C)(C)C(F)(F)F)C(C)(C)C(F)(F)F. The molecule has 2 aromatic heterocycles. The van der Waals surface area contributed by atoms with Crippen molar-refractivity contribution in [3.63, 3.8) is 0 Å². The zero-order valence-corrected chi connectivity index (χ0v) is 43.2. The van der Waals surface area contributed by atoms with Gasteiger partial charge in [0, 0.05) is 79.0 Å². The molecule has 24 heteroatoms. The number of nitrogens with zero attached hydrogens (tertiary/aromatic N) is 5. The molecule has 4 aromatic rings. The van der Waals surface area contributed by atoms with Crippen LogP contribution in [0.5, 0.6) is 0 Å². The summed E-state index contributed by atoms with van der Waals surface area (Å²) in [4.78, 5) is 65.6. The summed E-state index contributed by atoms with van der Waals surface area (Å²) < 4.78 is 123. The van der Waals surface area contributed by atoms with E-state index in [1.54, 1.807) is 30.5 Å². The van der Waals surface area contributed by atoms with E-state index >= 15 is 8.78 Å². The molecule has 4 heterocycles. The van der Waals surface area contributed by atoms with Crippen molar-refractivity contribution in [3.8, 4) is 23.1 Å². The molecule has 2 aliphatic rings. The maximum Gasteiger partial charge on any atom is 0.407 e. The van der Waals surface area contributed by atoms with Crippen LogP contribution in [-0.4, -0.2) is 136 Å². The highest BCUT2D eigenvalue weighted by atomic mass is 19.4. The van der Waals surface area contributed by atoms with E-state index in [9.17, 15) is 55.7 Å². The normalized spacial score (nSPS) is 17.7. The van der Waals surface area contributed by atoms with Crippen molar-refractivity contribution >= 4 is 29.8 Å². The van der Waals surface area contributed by atoms with Crippen molar-refractivity contribution in [1.82, 2.24) is 41.3 Å². The van der Waals surface area contributed by atoms with Crippen molar-refractivity contribution in [2.24, 2.45) is 10.8 Å². The summed E-state index contributed by atoms with van der Waals surface area (Å²) in [5.41, 5.74) is -3.45. The molecule has 2 aliphatic heterocycles. The van der Waals surface area contributed by atoms with E-state index in [1.165, 1.54) is 29.7 Å². The van der Waals surface area contributed by atoms with Crippen LogP contribution in [0.1, 0.15) is 76.6 Å². The number of alkyl halides is 6. The number of methoxy groups -OCH3 is 1. The molecule has 16 nitrogen and oxygen atoms in total. The van der Waals surface area contributed by atoms with Crippen LogP contribution in [0.3, 0.4) is 0 Å². The highest BCUT2D eigenvalue weighted by Crippen LogP contribution is 2.42. The zero-order chi connectivity index (χ0) is 56.8. The van der Waals surface area contributed by atoms with Gasteiger partial charge in [-0.2, -0.15) is 26.3 Å². The minimum Gasteiger partial charge on any atom is -0.465 e. The molecule has 416 valence electrons. The number of piperazine rings is 1. The fourth-order valence-electron chi connectivity index (χ4n) is 9.41. The number of rotatable bonds is 18. The second kappa shape index (κ2) is 24.1. The molecule has 6 rings (SSSR count). The van der Waals surface area contributed by atoms with Gasteiger partial charge in [-0.25, -0.2) is 28.4 Å². The van der Waals surface area contributed by atoms with E-state index in [0.29, 0.717) is 67.5 Å². The average molecular weight is 1090 g/mol. The number of aliphatic hydroxyl groups is 1. The predicted molar refractivity (Wildman–Crippen MR) is 266 cm³/mol. The van der Waals surface area contributed by atoms with Crippen LogP contribution in [0, 0.1) is 34.3 Å². The van der Waals surface area contributed by atoms with Gasteiger partial charge in [0.1, 0.15) is 29.5 Å². The number of hydrogen-bond donors (Lipinski definition) is 6. The molecule has 2 bridgehead atoms. The molecule has 6 N–H and O–H groups in total. The molecule has 2 saturated heterocycles. The number of hydrogen-bond acceptors (Lipinski definition) is 11. The molecule has 2 fully saturated rings. The van der Waals surface area contributed by atoms with E-state index in [2.05, 4.69) is 55.5 Å². The Morgan fingerprint density at radius 1 is 0.792 bits per heavy atom. The first kappa shape index (κ1) is 59.1. The minimum atomic E-state index is -5.23. The fraction of sp³-hybridized carbons (Fsp3) is 0.472. The molecule has 4 amide bonds. The van der Waals surface area contributed by atoms with Crippen molar-refractivity contribution in [3.05, 3.63) is 113 Å². The fourth-order valence-corrected chi connectivity index (χ4v) is 9.41. The highest BCUT2D eigenvalue weighted by molar-refractivity contribution is 5.87. The third kappa shape index (κ3) is 14.3. The largest absolute Gasteiger partial charge is 0.465 e. The van der Waals surface area contributed by atoms with Crippen LogP contribution in [0.15, 0.2) is 79.1 Å². The Kier molecular flexibility index (Phi) is 18.5. The topological polar surface area (TPSA) is 202 Å². The van der Waals surface area contributed by atoms with Crippen LogP contribution >= 0.6 is 0 Å². The third-order valence-electron chi connectivity index (χ3n) is 14.0. The Bertz CT molecular complexity index is 2750. The molecule has 0 saturated carbocycles. The summed E-state index contributed by atoms with van der Waals surface area (Å²) in [6, 6.07) is 10.8. The van der Waals surface area contributed by atoms with Crippen LogP contribution in [0.25, 0.3) is 11.3 Å². The Labute approximate surface area is 439 Å². The van der Waals surface area contributed by atoms with Gasteiger partial charge in [0.15, 0.2) is 0 Å². The number of fused-ring (bicyclic) bond motifs is 2. The maximum atomic E-state index is 16.0. The van der Waals surface area contributed by atoms with Gasteiger partial charge in [-0.15, -0.1) is 0 Å². The number of carboxylic acid groups (broad SMARTS) is 1. The lowest BCUT2D eigenvalue weighted by Crippen LogP contribution is -2.63. The van der Waals surface area contributed by atoms with Crippen molar-refractivity contribution < 1.29 is 69.3 Å². The molecular weight excluding hydrogens is 1030 g/mol. The summed E-state index contributed by atoms with van der Waals surface area (Å²) in [7, 11) is 0.838. The number of benzene rings is 2. The quantitative estimate of drug-likeness (QED) is 0.0330. The van der Waals surface area contributed by atoms with Crippen molar-refractivity contribution in [2.75, 3.05) is 31.6 Å². The van der Waals surface area contributed by atoms with Crippen LogP contribution in [0.2, 0.25) is 0 Å². The molecule has 2 aromatic carbocycles. The number of aromatic nitrogens is 2. The molecule has 0 spiro atoms. The molecule has 6 atom stereocenters. The predicted octanol–water partition coefficient (Wildman–Crippen LogP) is 7.34. The van der Waals surface area contributed by atoms with Gasteiger partial charge in [-0.3, -0.25) is 24.9 Å². The van der Waals surface area contributed by atoms with E-state index in [0.717, 1.165) is 51.0 Å². The second-order valence-corrected chi connectivity index (χ2v) is 20.4. The van der Waals surface area contributed by atoms with Crippen LogP contribution < -0.4 is 26.3 Å². The first-order chi connectivity index (χ1) is 36.0. The number of amides is 4. The van der Waals surface area contributed by atoms with Crippen LogP contribution in [0.4, 0.5) is 50.5 Å². The summed E-state index contributed by atoms with van der Waals surface area (Å²) >= 11 is 0. The number of anilines is 1. The summed E-state index contributed by atoms with van der Waals surface area (Å²) in [5.74, 6) is 1.17.